The Bertz CT molecular complexity index is 1090. The summed E-state index contributed by atoms with van der Waals surface area (Å²) in [6, 6.07) is 20.4. The average Bonchev–Trinajstić information content (AvgIpc) is 2.69. The Labute approximate surface area is 150 Å². The zero-order valence-corrected chi connectivity index (χ0v) is 13.9. The molecule has 5 heteroatoms. The molecule has 0 saturated heterocycles. The Morgan fingerprint density at radius 3 is 2.58 bits per heavy atom. The highest BCUT2D eigenvalue weighted by atomic mass is 16.6. The first kappa shape index (κ1) is 15.9. The fraction of sp³-hybridized carbons (Fsp3) is 0.0476. The molecule has 0 unspecified atom stereocenters. The zero-order valence-electron chi connectivity index (χ0n) is 13.9. The van der Waals surface area contributed by atoms with Gasteiger partial charge in [0.1, 0.15) is 0 Å². The maximum absolute atomic E-state index is 11.1. The van der Waals surface area contributed by atoms with Gasteiger partial charge in [-0.3, -0.25) is 20.1 Å². The van der Waals surface area contributed by atoms with Gasteiger partial charge in [0.05, 0.1) is 10.4 Å². The van der Waals surface area contributed by atoms with Crippen molar-refractivity contribution in [3.63, 3.8) is 0 Å². The molecule has 5 nitrogen and oxygen atoms in total. The Morgan fingerprint density at radius 2 is 1.77 bits per heavy atom. The molecule has 2 aromatic carbocycles. The third kappa shape index (κ3) is 3.02. The number of non-ortho nitro benzene ring substituents is 1. The lowest BCUT2D eigenvalue weighted by molar-refractivity contribution is -0.384. The SMILES string of the molecule is O=[N+]([O-])c1cccc(-c2cccc3c(Cc4ccccn4)ccnc23)c1. The first-order valence-corrected chi connectivity index (χ1v) is 8.24. The molecule has 0 N–H and O–H groups in total. The van der Waals surface area contributed by atoms with E-state index >= 15 is 0 Å². The molecule has 0 atom stereocenters. The van der Waals surface area contributed by atoms with Crippen molar-refractivity contribution in [2.24, 2.45) is 0 Å². The van der Waals surface area contributed by atoms with Crippen LogP contribution in [0.4, 0.5) is 5.69 Å². The highest BCUT2D eigenvalue weighted by Gasteiger charge is 2.12. The monoisotopic (exact) mass is 341 g/mol. The van der Waals surface area contributed by atoms with E-state index in [1.54, 1.807) is 24.5 Å². The van der Waals surface area contributed by atoms with Crippen LogP contribution in [0.2, 0.25) is 0 Å². The van der Waals surface area contributed by atoms with E-state index in [0.29, 0.717) is 6.42 Å². The number of para-hydroxylation sites is 1. The fourth-order valence-corrected chi connectivity index (χ4v) is 3.11. The predicted octanol–water partition coefficient (Wildman–Crippen LogP) is 4.80. The van der Waals surface area contributed by atoms with E-state index in [2.05, 4.69) is 9.97 Å². The summed E-state index contributed by atoms with van der Waals surface area (Å²) in [5.74, 6) is 0. The number of aromatic nitrogens is 2. The largest absolute Gasteiger partial charge is 0.270 e. The van der Waals surface area contributed by atoms with Crippen molar-refractivity contribution in [2.45, 2.75) is 6.42 Å². The van der Waals surface area contributed by atoms with Gasteiger partial charge >= 0.3 is 0 Å². The van der Waals surface area contributed by atoms with Crippen LogP contribution in [0.3, 0.4) is 0 Å². The molecular weight excluding hydrogens is 326 g/mol. The Hall–Kier alpha value is -3.60. The van der Waals surface area contributed by atoms with E-state index in [9.17, 15) is 10.1 Å². The van der Waals surface area contributed by atoms with Gasteiger partial charge < -0.3 is 0 Å². The molecule has 4 aromatic rings. The summed E-state index contributed by atoms with van der Waals surface area (Å²) < 4.78 is 0. The second-order valence-electron chi connectivity index (χ2n) is 5.98. The van der Waals surface area contributed by atoms with Crippen LogP contribution in [0.25, 0.3) is 22.0 Å². The van der Waals surface area contributed by atoms with Crippen molar-refractivity contribution in [3.05, 3.63) is 100 Å². The second-order valence-corrected chi connectivity index (χ2v) is 5.98. The van der Waals surface area contributed by atoms with Gasteiger partial charge in [-0.05, 0) is 29.3 Å². The van der Waals surface area contributed by atoms with Gasteiger partial charge in [-0.2, -0.15) is 0 Å². The normalized spacial score (nSPS) is 10.8. The van der Waals surface area contributed by atoms with Crippen LogP contribution in [-0.4, -0.2) is 14.9 Å². The lowest BCUT2D eigenvalue weighted by Gasteiger charge is -2.10. The number of nitrogens with zero attached hydrogens (tertiary/aromatic N) is 3. The van der Waals surface area contributed by atoms with Gasteiger partial charge in [-0.15, -0.1) is 0 Å². The van der Waals surface area contributed by atoms with Crippen molar-refractivity contribution in [1.82, 2.24) is 9.97 Å². The van der Waals surface area contributed by atoms with Gasteiger partial charge in [0, 0.05) is 47.6 Å². The third-order valence-electron chi connectivity index (χ3n) is 4.33. The molecular formula is C21H15N3O2. The second kappa shape index (κ2) is 6.72. The quantitative estimate of drug-likeness (QED) is 0.395. The van der Waals surface area contributed by atoms with E-state index in [0.717, 1.165) is 33.3 Å². The molecule has 0 bridgehead atoms. The number of fused-ring (bicyclic) bond motifs is 1. The van der Waals surface area contributed by atoms with Crippen LogP contribution in [0, 0.1) is 10.1 Å². The highest BCUT2D eigenvalue weighted by molar-refractivity contribution is 5.95. The summed E-state index contributed by atoms with van der Waals surface area (Å²) in [7, 11) is 0. The number of hydrogen-bond acceptors (Lipinski definition) is 4. The molecule has 26 heavy (non-hydrogen) atoms. The maximum atomic E-state index is 11.1. The molecule has 4 rings (SSSR count). The fourth-order valence-electron chi connectivity index (χ4n) is 3.11. The van der Waals surface area contributed by atoms with Gasteiger partial charge in [-0.1, -0.05) is 36.4 Å². The summed E-state index contributed by atoms with van der Waals surface area (Å²) in [5, 5.41) is 12.1. The lowest BCUT2D eigenvalue weighted by Crippen LogP contribution is -1.95. The molecule has 0 spiro atoms. The van der Waals surface area contributed by atoms with Gasteiger partial charge in [0.15, 0.2) is 0 Å². The summed E-state index contributed by atoms with van der Waals surface area (Å²) in [6.07, 6.45) is 4.27. The zero-order chi connectivity index (χ0) is 17.9. The number of pyridine rings is 2. The van der Waals surface area contributed by atoms with E-state index in [1.807, 2.05) is 48.5 Å². The number of rotatable bonds is 4. The topological polar surface area (TPSA) is 68.9 Å². The number of benzene rings is 2. The summed E-state index contributed by atoms with van der Waals surface area (Å²) in [6.45, 7) is 0. The van der Waals surface area contributed by atoms with Crippen LogP contribution in [0.1, 0.15) is 11.3 Å². The molecule has 2 aromatic heterocycles. The first-order chi connectivity index (χ1) is 12.7. The van der Waals surface area contributed by atoms with Crippen LogP contribution in [0.15, 0.2) is 79.1 Å². The van der Waals surface area contributed by atoms with Crippen molar-refractivity contribution in [1.29, 1.82) is 0 Å². The predicted molar refractivity (Wildman–Crippen MR) is 101 cm³/mol. The van der Waals surface area contributed by atoms with E-state index in [4.69, 9.17) is 0 Å². The molecule has 126 valence electrons. The number of hydrogen-bond donors (Lipinski definition) is 0. The minimum atomic E-state index is -0.380. The van der Waals surface area contributed by atoms with E-state index < -0.39 is 0 Å². The summed E-state index contributed by atoms with van der Waals surface area (Å²) in [5.41, 5.74) is 4.69. The highest BCUT2D eigenvalue weighted by Crippen LogP contribution is 2.31. The molecule has 0 aliphatic rings. The Kier molecular flexibility index (Phi) is 4.11. The van der Waals surface area contributed by atoms with Crippen molar-refractivity contribution in [3.8, 4) is 11.1 Å². The molecule has 2 heterocycles. The van der Waals surface area contributed by atoms with Crippen LogP contribution < -0.4 is 0 Å². The third-order valence-corrected chi connectivity index (χ3v) is 4.33. The number of nitro benzene ring substituents is 1. The first-order valence-electron chi connectivity index (χ1n) is 8.24. The molecule has 0 radical (unpaired) electrons. The molecule has 0 fully saturated rings. The molecule has 0 aliphatic carbocycles. The summed E-state index contributed by atoms with van der Waals surface area (Å²) in [4.78, 5) is 19.6. The standard InChI is InChI=1S/C21H15N3O2/c25-24(26)18-7-3-5-15(14-18)19-8-4-9-20-16(10-12-23-21(19)20)13-17-6-1-2-11-22-17/h1-12,14H,13H2. The van der Waals surface area contributed by atoms with E-state index in [-0.39, 0.29) is 10.6 Å². The maximum Gasteiger partial charge on any atom is 0.270 e. The van der Waals surface area contributed by atoms with Crippen LogP contribution in [-0.2, 0) is 6.42 Å². The van der Waals surface area contributed by atoms with Crippen molar-refractivity contribution in [2.75, 3.05) is 0 Å². The molecule has 0 aliphatic heterocycles. The van der Waals surface area contributed by atoms with Crippen LogP contribution in [0.5, 0.6) is 0 Å². The minimum Gasteiger partial charge on any atom is -0.261 e. The Balaban J connectivity index is 1.84. The van der Waals surface area contributed by atoms with Gasteiger partial charge in [-0.25, -0.2) is 0 Å². The van der Waals surface area contributed by atoms with E-state index in [1.165, 1.54) is 6.07 Å². The van der Waals surface area contributed by atoms with Crippen molar-refractivity contribution < 1.29 is 4.92 Å². The number of nitro groups is 1. The smallest absolute Gasteiger partial charge is 0.261 e. The van der Waals surface area contributed by atoms with Crippen LogP contribution >= 0.6 is 0 Å². The lowest BCUT2D eigenvalue weighted by atomic mass is 9.97. The molecule has 0 amide bonds. The van der Waals surface area contributed by atoms with Crippen molar-refractivity contribution >= 4 is 16.6 Å². The Morgan fingerprint density at radius 1 is 0.885 bits per heavy atom. The minimum absolute atomic E-state index is 0.0733. The van der Waals surface area contributed by atoms with Gasteiger partial charge in [0.2, 0.25) is 0 Å². The average molecular weight is 341 g/mol. The summed E-state index contributed by atoms with van der Waals surface area (Å²) >= 11 is 0. The van der Waals surface area contributed by atoms with Gasteiger partial charge in [0.25, 0.3) is 5.69 Å². The molecule has 0 saturated carbocycles.